The first-order chi connectivity index (χ1) is 15.8. The van der Waals surface area contributed by atoms with Crippen LogP contribution in [-0.4, -0.2) is 51.0 Å². The number of alkyl halides is 3. The highest BCUT2D eigenvalue weighted by Crippen LogP contribution is 2.33. The van der Waals surface area contributed by atoms with Crippen LogP contribution in [-0.2, 0) is 12.7 Å². The molecule has 1 aliphatic rings. The van der Waals surface area contributed by atoms with E-state index >= 15 is 0 Å². The highest BCUT2D eigenvalue weighted by molar-refractivity contribution is 6.05. The molecule has 1 aliphatic heterocycles. The fourth-order valence-electron chi connectivity index (χ4n) is 3.82. The molecule has 1 N–H and O–H groups in total. The van der Waals surface area contributed by atoms with Crippen LogP contribution < -0.4 is 10.1 Å². The summed E-state index contributed by atoms with van der Waals surface area (Å²) >= 11 is 0. The Kier molecular flexibility index (Phi) is 6.59. The Bertz CT molecular complexity index is 1110. The molecule has 0 radical (unpaired) electrons. The summed E-state index contributed by atoms with van der Waals surface area (Å²) < 4.78 is 47.1. The lowest BCUT2D eigenvalue weighted by Gasteiger charge is -2.26. The maximum absolute atomic E-state index is 13.9. The van der Waals surface area contributed by atoms with Crippen LogP contribution in [0.1, 0.15) is 40.9 Å². The number of methoxy groups -OCH3 is 1. The first-order valence-corrected chi connectivity index (χ1v) is 10.5. The summed E-state index contributed by atoms with van der Waals surface area (Å²) in [6.07, 6.45) is -0.440. The molecule has 1 aromatic carbocycles. The van der Waals surface area contributed by atoms with Gasteiger partial charge in [0.05, 0.1) is 18.9 Å². The van der Waals surface area contributed by atoms with Crippen LogP contribution in [0.3, 0.4) is 0 Å². The molecule has 33 heavy (non-hydrogen) atoms. The summed E-state index contributed by atoms with van der Waals surface area (Å²) in [6.45, 7) is 2.75. The molecule has 0 spiro atoms. The SMILES string of the molecule is COc1ccc(-n2ncc(C(=O)Nc3cccc(CN4CCCCC4)c3)c2C(F)(F)F)nn1. The summed E-state index contributed by atoms with van der Waals surface area (Å²) in [7, 11) is 1.36. The average molecular weight is 460 g/mol. The molecule has 0 unspecified atom stereocenters. The molecule has 1 saturated heterocycles. The number of carbonyl (C=O) groups is 1. The monoisotopic (exact) mass is 460 g/mol. The zero-order valence-electron chi connectivity index (χ0n) is 18.0. The zero-order chi connectivity index (χ0) is 23.4. The van der Waals surface area contributed by atoms with Crippen LogP contribution in [0.2, 0.25) is 0 Å². The molecule has 0 atom stereocenters. The highest BCUT2D eigenvalue weighted by Gasteiger charge is 2.41. The van der Waals surface area contributed by atoms with Crippen molar-refractivity contribution in [1.82, 2.24) is 24.9 Å². The Morgan fingerprint density at radius 2 is 1.91 bits per heavy atom. The molecule has 0 aliphatic carbocycles. The van der Waals surface area contributed by atoms with Crippen LogP contribution in [0.5, 0.6) is 5.88 Å². The van der Waals surface area contributed by atoms with Gasteiger partial charge in [-0.2, -0.15) is 18.3 Å². The number of hydrogen-bond acceptors (Lipinski definition) is 6. The number of hydrogen-bond donors (Lipinski definition) is 1. The van der Waals surface area contributed by atoms with Crippen molar-refractivity contribution < 1.29 is 22.7 Å². The lowest BCUT2D eigenvalue weighted by atomic mass is 10.1. The molecular formula is C22H23F3N6O2. The number of rotatable bonds is 6. The predicted octanol–water partition coefficient (Wildman–Crippen LogP) is 3.93. The lowest BCUT2D eigenvalue weighted by molar-refractivity contribution is -0.143. The molecule has 8 nitrogen and oxygen atoms in total. The number of likely N-dealkylation sites (tertiary alicyclic amines) is 1. The summed E-state index contributed by atoms with van der Waals surface area (Å²) in [5.74, 6) is -0.960. The van der Waals surface area contributed by atoms with Crippen LogP contribution >= 0.6 is 0 Å². The first-order valence-electron chi connectivity index (χ1n) is 10.5. The van der Waals surface area contributed by atoms with Crippen molar-refractivity contribution in [3.05, 3.63) is 59.4 Å². The van der Waals surface area contributed by atoms with Gasteiger partial charge in [-0.25, -0.2) is 4.68 Å². The van der Waals surface area contributed by atoms with Gasteiger partial charge in [0.15, 0.2) is 11.5 Å². The van der Waals surface area contributed by atoms with Crippen molar-refractivity contribution in [2.45, 2.75) is 32.0 Å². The fourth-order valence-corrected chi connectivity index (χ4v) is 3.82. The normalized spacial score (nSPS) is 14.8. The number of nitrogens with one attached hydrogen (secondary N) is 1. The van der Waals surface area contributed by atoms with Crippen molar-refractivity contribution in [2.75, 3.05) is 25.5 Å². The molecule has 3 aromatic rings. The molecular weight excluding hydrogens is 437 g/mol. The summed E-state index contributed by atoms with van der Waals surface area (Å²) in [4.78, 5) is 15.1. The lowest BCUT2D eigenvalue weighted by Crippen LogP contribution is -2.29. The molecule has 4 rings (SSSR count). The molecule has 2 aromatic heterocycles. The minimum absolute atomic E-state index is 0.141. The Hall–Kier alpha value is -3.47. The molecule has 1 fully saturated rings. The van der Waals surface area contributed by atoms with Crippen molar-refractivity contribution in [3.63, 3.8) is 0 Å². The summed E-state index contributed by atoms with van der Waals surface area (Å²) in [6, 6.07) is 9.77. The van der Waals surface area contributed by atoms with Gasteiger partial charge in [0, 0.05) is 18.3 Å². The number of ether oxygens (including phenoxy) is 1. The largest absolute Gasteiger partial charge is 0.480 e. The van der Waals surface area contributed by atoms with Crippen LogP contribution in [0, 0.1) is 0 Å². The number of halogens is 3. The van der Waals surface area contributed by atoms with Gasteiger partial charge < -0.3 is 10.1 Å². The Morgan fingerprint density at radius 1 is 1.12 bits per heavy atom. The van der Waals surface area contributed by atoms with Crippen molar-refractivity contribution in [2.24, 2.45) is 0 Å². The van der Waals surface area contributed by atoms with Gasteiger partial charge in [-0.3, -0.25) is 9.69 Å². The van der Waals surface area contributed by atoms with Gasteiger partial charge in [0.2, 0.25) is 5.88 Å². The van der Waals surface area contributed by atoms with E-state index in [1.165, 1.54) is 25.7 Å². The van der Waals surface area contributed by atoms with E-state index < -0.39 is 23.3 Å². The van der Waals surface area contributed by atoms with Crippen molar-refractivity contribution in [1.29, 1.82) is 0 Å². The third kappa shape index (κ3) is 5.30. The van der Waals surface area contributed by atoms with Gasteiger partial charge >= 0.3 is 6.18 Å². The number of amides is 1. The molecule has 11 heteroatoms. The Balaban J connectivity index is 1.57. The van der Waals surface area contributed by atoms with E-state index in [0.717, 1.165) is 44.2 Å². The van der Waals surface area contributed by atoms with Crippen molar-refractivity contribution >= 4 is 11.6 Å². The predicted molar refractivity (Wildman–Crippen MR) is 114 cm³/mol. The number of anilines is 1. The maximum Gasteiger partial charge on any atom is 0.434 e. The third-order valence-corrected chi connectivity index (χ3v) is 5.37. The summed E-state index contributed by atoms with van der Waals surface area (Å²) in [5, 5.41) is 13.7. The fraction of sp³-hybridized carbons (Fsp3) is 0.364. The van der Waals surface area contributed by atoms with E-state index in [2.05, 4.69) is 25.5 Å². The molecule has 1 amide bonds. The van der Waals surface area contributed by atoms with E-state index in [4.69, 9.17) is 4.74 Å². The molecule has 0 bridgehead atoms. The van der Waals surface area contributed by atoms with Crippen LogP contribution in [0.4, 0.5) is 18.9 Å². The zero-order valence-corrected chi connectivity index (χ0v) is 18.0. The van der Waals surface area contributed by atoms with E-state index in [1.54, 1.807) is 18.2 Å². The number of nitrogens with zero attached hydrogens (tertiary/aromatic N) is 5. The van der Waals surface area contributed by atoms with Gasteiger partial charge in [0.25, 0.3) is 5.91 Å². The summed E-state index contributed by atoms with van der Waals surface area (Å²) in [5.41, 5.74) is -0.444. The van der Waals surface area contributed by atoms with Gasteiger partial charge in [-0.05, 0) is 49.7 Å². The first kappa shape index (κ1) is 22.7. The van der Waals surface area contributed by atoms with Gasteiger partial charge in [-0.15, -0.1) is 10.2 Å². The number of aromatic nitrogens is 4. The molecule has 3 heterocycles. The molecule has 174 valence electrons. The second kappa shape index (κ2) is 9.57. The quantitative estimate of drug-likeness (QED) is 0.600. The topological polar surface area (TPSA) is 85.2 Å². The van der Waals surface area contributed by atoms with E-state index in [1.807, 2.05) is 6.07 Å². The van der Waals surface area contributed by atoms with E-state index in [-0.39, 0.29) is 11.7 Å². The number of benzene rings is 1. The standard InChI is InChI=1S/C22H23F3N6O2/c1-33-19-9-8-18(28-29-19)31-20(22(23,24)25)17(13-26-31)21(32)27-16-7-5-6-15(12-16)14-30-10-3-2-4-11-30/h5-9,12-13H,2-4,10-11,14H2,1H3,(H,27,32). The van der Waals surface area contributed by atoms with Crippen molar-refractivity contribution in [3.8, 4) is 11.7 Å². The maximum atomic E-state index is 13.9. The van der Waals surface area contributed by atoms with Crippen LogP contribution in [0.25, 0.3) is 5.82 Å². The highest BCUT2D eigenvalue weighted by atomic mass is 19.4. The van der Waals surface area contributed by atoms with E-state index in [0.29, 0.717) is 10.4 Å². The molecule has 0 saturated carbocycles. The smallest absolute Gasteiger partial charge is 0.434 e. The Labute approximate surface area is 188 Å². The minimum atomic E-state index is -4.85. The third-order valence-electron chi connectivity index (χ3n) is 5.37. The number of carbonyl (C=O) groups excluding carboxylic acids is 1. The minimum Gasteiger partial charge on any atom is -0.480 e. The second-order valence-corrected chi connectivity index (χ2v) is 7.74. The second-order valence-electron chi connectivity index (χ2n) is 7.74. The van der Waals surface area contributed by atoms with Gasteiger partial charge in [-0.1, -0.05) is 18.6 Å². The Morgan fingerprint density at radius 3 is 2.58 bits per heavy atom. The number of piperidine rings is 1. The average Bonchev–Trinajstić information content (AvgIpc) is 3.26. The van der Waals surface area contributed by atoms with E-state index in [9.17, 15) is 18.0 Å². The van der Waals surface area contributed by atoms with Gasteiger partial charge in [0.1, 0.15) is 0 Å². The van der Waals surface area contributed by atoms with Crippen LogP contribution in [0.15, 0.2) is 42.6 Å².